The monoisotopic (exact) mass is 240 g/mol. The average molecular weight is 240 g/mol. The molecule has 1 heterocycles. The van der Waals surface area contributed by atoms with Gasteiger partial charge in [0.2, 0.25) is 0 Å². The predicted octanol–water partition coefficient (Wildman–Crippen LogP) is 3.02. The number of rotatable bonds is 3. The van der Waals surface area contributed by atoms with E-state index in [1.165, 1.54) is 13.0 Å². The van der Waals surface area contributed by atoms with Crippen LogP contribution in [0.2, 0.25) is 0 Å². The molecule has 1 aromatic carbocycles. The lowest BCUT2D eigenvalue weighted by Gasteiger charge is -2.25. The third-order valence-corrected chi connectivity index (χ3v) is 3.15. The Bertz CT molecular complexity index is 374. The Morgan fingerprint density at radius 3 is 2.65 bits per heavy atom. The summed E-state index contributed by atoms with van der Waals surface area (Å²) in [6, 6.07) is 4.84. The quantitative estimate of drug-likeness (QED) is 0.848. The number of nitrogens with one attached hydrogen (secondary N) is 2. The lowest BCUT2D eigenvalue weighted by atomic mass is 10.1. The maximum absolute atomic E-state index is 13.7. The van der Waals surface area contributed by atoms with Crippen molar-refractivity contribution in [2.45, 2.75) is 32.0 Å². The molecule has 1 fully saturated rings. The summed E-state index contributed by atoms with van der Waals surface area (Å²) in [5.74, 6) is -0.370. The second-order valence-electron chi connectivity index (χ2n) is 4.52. The van der Waals surface area contributed by atoms with Crippen LogP contribution in [-0.2, 0) is 0 Å². The molecule has 94 valence electrons. The maximum Gasteiger partial charge on any atom is 0.146 e. The normalized spacial score (nSPS) is 19.0. The largest absolute Gasteiger partial charge is 0.380 e. The summed E-state index contributed by atoms with van der Waals surface area (Å²) >= 11 is 0. The van der Waals surface area contributed by atoms with Crippen LogP contribution < -0.4 is 10.6 Å². The van der Waals surface area contributed by atoms with E-state index in [1.54, 1.807) is 12.1 Å². The minimum Gasteiger partial charge on any atom is -0.380 e. The molecule has 2 N–H and O–H groups in total. The minimum atomic E-state index is -1.13. The van der Waals surface area contributed by atoms with E-state index in [-0.39, 0.29) is 5.82 Å². The predicted molar refractivity (Wildman–Crippen MR) is 65.4 cm³/mol. The van der Waals surface area contributed by atoms with E-state index >= 15 is 0 Å². The molecule has 1 saturated heterocycles. The first kappa shape index (κ1) is 12.3. The van der Waals surface area contributed by atoms with Gasteiger partial charge in [-0.15, -0.1) is 0 Å². The van der Waals surface area contributed by atoms with Crippen LogP contribution in [0.1, 0.15) is 31.5 Å². The van der Waals surface area contributed by atoms with Crippen molar-refractivity contribution in [1.29, 1.82) is 0 Å². The number of anilines is 1. The fourth-order valence-corrected chi connectivity index (χ4v) is 2.08. The number of hydrogen-bond acceptors (Lipinski definition) is 2. The summed E-state index contributed by atoms with van der Waals surface area (Å²) in [5, 5.41) is 6.43. The zero-order chi connectivity index (χ0) is 12.3. The molecule has 1 unspecified atom stereocenters. The Labute approximate surface area is 100 Å². The lowest BCUT2D eigenvalue weighted by Crippen LogP contribution is -2.35. The summed E-state index contributed by atoms with van der Waals surface area (Å²) in [6.45, 7) is 3.33. The van der Waals surface area contributed by atoms with Gasteiger partial charge in [-0.25, -0.2) is 8.78 Å². The SMILES string of the molecule is CC(F)c1ccc(NC2CCNCC2)c(F)c1. The fourth-order valence-electron chi connectivity index (χ4n) is 2.08. The Kier molecular flexibility index (Phi) is 3.94. The molecule has 1 aliphatic heterocycles. The fraction of sp³-hybridized carbons (Fsp3) is 0.538. The minimum absolute atomic E-state index is 0.305. The highest BCUT2D eigenvalue weighted by Crippen LogP contribution is 2.23. The zero-order valence-electron chi connectivity index (χ0n) is 9.97. The summed E-state index contributed by atoms with van der Waals surface area (Å²) < 4.78 is 26.7. The molecule has 0 saturated carbocycles. The van der Waals surface area contributed by atoms with E-state index in [9.17, 15) is 8.78 Å². The summed E-state index contributed by atoms with van der Waals surface area (Å²) in [7, 11) is 0. The molecular formula is C13H18F2N2. The van der Waals surface area contributed by atoms with Gasteiger partial charge < -0.3 is 10.6 Å². The number of benzene rings is 1. The molecule has 0 amide bonds. The molecule has 17 heavy (non-hydrogen) atoms. The van der Waals surface area contributed by atoms with Gasteiger partial charge in [0, 0.05) is 6.04 Å². The van der Waals surface area contributed by atoms with Gasteiger partial charge in [-0.05, 0) is 50.6 Å². The van der Waals surface area contributed by atoms with Gasteiger partial charge in [0.05, 0.1) is 5.69 Å². The first-order chi connectivity index (χ1) is 8.16. The Morgan fingerprint density at radius 1 is 1.35 bits per heavy atom. The molecule has 0 aromatic heterocycles. The number of hydrogen-bond donors (Lipinski definition) is 2. The lowest BCUT2D eigenvalue weighted by molar-refractivity contribution is 0.373. The highest BCUT2D eigenvalue weighted by Gasteiger charge is 2.15. The van der Waals surface area contributed by atoms with Crippen molar-refractivity contribution in [2.24, 2.45) is 0 Å². The third-order valence-electron chi connectivity index (χ3n) is 3.15. The molecule has 2 nitrogen and oxygen atoms in total. The van der Waals surface area contributed by atoms with Gasteiger partial charge in [-0.1, -0.05) is 6.07 Å². The van der Waals surface area contributed by atoms with Gasteiger partial charge in [-0.3, -0.25) is 0 Å². The molecule has 4 heteroatoms. The molecule has 0 radical (unpaired) electrons. The molecule has 0 spiro atoms. The number of halogens is 2. The van der Waals surface area contributed by atoms with E-state index in [0.29, 0.717) is 17.3 Å². The second-order valence-corrected chi connectivity index (χ2v) is 4.52. The van der Waals surface area contributed by atoms with Gasteiger partial charge in [0.15, 0.2) is 0 Å². The molecule has 2 rings (SSSR count). The zero-order valence-corrected chi connectivity index (χ0v) is 9.97. The van der Waals surface area contributed by atoms with Gasteiger partial charge in [0.25, 0.3) is 0 Å². The highest BCUT2D eigenvalue weighted by molar-refractivity contribution is 5.47. The number of alkyl halides is 1. The van der Waals surface area contributed by atoms with Crippen LogP contribution in [0.15, 0.2) is 18.2 Å². The van der Waals surface area contributed by atoms with E-state index in [2.05, 4.69) is 10.6 Å². The van der Waals surface area contributed by atoms with Crippen LogP contribution in [0.4, 0.5) is 14.5 Å². The van der Waals surface area contributed by atoms with Crippen LogP contribution in [0, 0.1) is 5.82 Å². The van der Waals surface area contributed by atoms with Crippen LogP contribution in [-0.4, -0.2) is 19.1 Å². The Hall–Kier alpha value is -1.16. The molecule has 1 atom stereocenters. The van der Waals surface area contributed by atoms with Crippen molar-refractivity contribution in [3.63, 3.8) is 0 Å². The van der Waals surface area contributed by atoms with Crippen molar-refractivity contribution in [3.05, 3.63) is 29.6 Å². The van der Waals surface area contributed by atoms with E-state index in [1.807, 2.05) is 0 Å². The standard InChI is InChI=1S/C13H18F2N2/c1-9(14)10-2-3-13(12(15)8-10)17-11-4-6-16-7-5-11/h2-3,8-9,11,16-17H,4-7H2,1H3. The summed E-state index contributed by atoms with van der Waals surface area (Å²) in [6.07, 6.45) is 0.846. The molecule has 1 aromatic rings. The highest BCUT2D eigenvalue weighted by atomic mass is 19.1. The molecule has 0 bridgehead atoms. The third kappa shape index (κ3) is 3.16. The van der Waals surface area contributed by atoms with Crippen LogP contribution in [0.25, 0.3) is 0 Å². The van der Waals surface area contributed by atoms with Crippen molar-refractivity contribution in [1.82, 2.24) is 5.32 Å². The smallest absolute Gasteiger partial charge is 0.146 e. The molecule has 0 aliphatic carbocycles. The van der Waals surface area contributed by atoms with Crippen molar-refractivity contribution < 1.29 is 8.78 Å². The van der Waals surface area contributed by atoms with Crippen molar-refractivity contribution in [3.8, 4) is 0 Å². The average Bonchev–Trinajstić information content (AvgIpc) is 2.33. The van der Waals surface area contributed by atoms with Gasteiger partial charge in [-0.2, -0.15) is 0 Å². The van der Waals surface area contributed by atoms with Gasteiger partial charge >= 0.3 is 0 Å². The van der Waals surface area contributed by atoms with E-state index in [4.69, 9.17) is 0 Å². The second kappa shape index (κ2) is 5.45. The van der Waals surface area contributed by atoms with Crippen molar-refractivity contribution >= 4 is 5.69 Å². The Morgan fingerprint density at radius 2 is 2.06 bits per heavy atom. The Balaban J connectivity index is 2.05. The number of piperidine rings is 1. The van der Waals surface area contributed by atoms with Crippen LogP contribution in [0.5, 0.6) is 0 Å². The van der Waals surface area contributed by atoms with E-state index < -0.39 is 6.17 Å². The van der Waals surface area contributed by atoms with Gasteiger partial charge in [0.1, 0.15) is 12.0 Å². The summed E-state index contributed by atoms with van der Waals surface area (Å²) in [5.41, 5.74) is 0.861. The molecular weight excluding hydrogens is 222 g/mol. The first-order valence-electron chi connectivity index (χ1n) is 6.07. The van der Waals surface area contributed by atoms with Crippen LogP contribution >= 0.6 is 0 Å². The topological polar surface area (TPSA) is 24.1 Å². The van der Waals surface area contributed by atoms with Crippen molar-refractivity contribution in [2.75, 3.05) is 18.4 Å². The first-order valence-corrected chi connectivity index (χ1v) is 6.07. The van der Waals surface area contributed by atoms with E-state index in [0.717, 1.165) is 25.9 Å². The summed E-state index contributed by atoms with van der Waals surface area (Å²) in [4.78, 5) is 0. The van der Waals surface area contributed by atoms with Crippen LogP contribution in [0.3, 0.4) is 0 Å². The molecule has 1 aliphatic rings. The maximum atomic E-state index is 13.7.